The van der Waals surface area contributed by atoms with Gasteiger partial charge < -0.3 is 14.5 Å². The van der Waals surface area contributed by atoms with E-state index in [4.69, 9.17) is 4.74 Å². The second kappa shape index (κ2) is 7.99. The lowest BCUT2D eigenvalue weighted by Crippen LogP contribution is -2.50. The SMILES string of the molecule is CCOC(=O)N1CCN(C(=O)CCc2ccc(C)c(C)c2)CC1. The van der Waals surface area contributed by atoms with Gasteiger partial charge in [-0.3, -0.25) is 4.79 Å². The number of ether oxygens (including phenoxy) is 1. The minimum Gasteiger partial charge on any atom is -0.450 e. The van der Waals surface area contributed by atoms with E-state index in [1.807, 2.05) is 4.90 Å². The molecule has 0 spiro atoms. The summed E-state index contributed by atoms with van der Waals surface area (Å²) in [5.41, 5.74) is 3.74. The average molecular weight is 318 g/mol. The first-order valence-corrected chi connectivity index (χ1v) is 8.27. The summed E-state index contributed by atoms with van der Waals surface area (Å²) in [6.45, 7) is 8.64. The first-order chi connectivity index (χ1) is 11.0. The summed E-state index contributed by atoms with van der Waals surface area (Å²) in [5.74, 6) is 0.159. The molecule has 0 unspecified atom stereocenters. The van der Waals surface area contributed by atoms with Crippen LogP contribution in [-0.4, -0.2) is 54.6 Å². The van der Waals surface area contributed by atoms with Crippen LogP contribution in [0, 0.1) is 13.8 Å². The van der Waals surface area contributed by atoms with Crippen LogP contribution in [0.25, 0.3) is 0 Å². The molecule has 1 fully saturated rings. The van der Waals surface area contributed by atoms with Gasteiger partial charge in [-0.1, -0.05) is 18.2 Å². The first kappa shape index (κ1) is 17.3. The van der Waals surface area contributed by atoms with Crippen molar-refractivity contribution < 1.29 is 14.3 Å². The molecule has 1 aliphatic heterocycles. The van der Waals surface area contributed by atoms with Crippen LogP contribution in [0.15, 0.2) is 18.2 Å². The fourth-order valence-electron chi connectivity index (χ4n) is 2.72. The molecule has 0 radical (unpaired) electrons. The maximum atomic E-state index is 12.3. The van der Waals surface area contributed by atoms with Crippen LogP contribution >= 0.6 is 0 Å². The highest BCUT2D eigenvalue weighted by atomic mass is 16.6. The van der Waals surface area contributed by atoms with Crippen molar-refractivity contribution in [1.29, 1.82) is 0 Å². The standard InChI is InChI=1S/C18H26N2O3/c1-4-23-18(22)20-11-9-19(10-12-20)17(21)8-7-16-6-5-14(2)15(3)13-16/h5-6,13H,4,7-12H2,1-3H3. The summed E-state index contributed by atoms with van der Waals surface area (Å²) in [6, 6.07) is 6.35. The summed E-state index contributed by atoms with van der Waals surface area (Å²) in [4.78, 5) is 27.5. The summed E-state index contributed by atoms with van der Waals surface area (Å²) in [7, 11) is 0. The molecule has 1 aliphatic rings. The zero-order valence-electron chi connectivity index (χ0n) is 14.3. The van der Waals surface area contributed by atoms with Crippen molar-refractivity contribution >= 4 is 12.0 Å². The minimum absolute atomic E-state index is 0.159. The number of carbonyl (C=O) groups excluding carboxylic acids is 2. The Hall–Kier alpha value is -2.04. The molecular formula is C18H26N2O3. The van der Waals surface area contributed by atoms with E-state index >= 15 is 0 Å². The van der Waals surface area contributed by atoms with Crippen LogP contribution in [0.3, 0.4) is 0 Å². The number of rotatable bonds is 4. The van der Waals surface area contributed by atoms with Crippen molar-refractivity contribution in [2.24, 2.45) is 0 Å². The number of piperazine rings is 1. The fraction of sp³-hybridized carbons (Fsp3) is 0.556. The molecule has 1 heterocycles. The molecule has 2 rings (SSSR count). The van der Waals surface area contributed by atoms with Crippen molar-refractivity contribution in [3.05, 3.63) is 34.9 Å². The Labute approximate surface area is 138 Å². The van der Waals surface area contributed by atoms with Crippen molar-refractivity contribution in [2.75, 3.05) is 32.8 Å². The molecule has 23 heavy (non-hydrogen) atoms. The highest BCUT2D eigenvalue weighted by molar-refractivity contribution is 5.77. The summed E-state index contributed by atoms with van der Waals surface area (Å²) < 4.78 is 4.99. The zero-order valence-corrected chi connectivity index (χ0v) is 14.3. The second-order valence-corrected chi connectivity index (χ2v) is 5.99. The first-order valence-electron chi connectivity index (χ1n) is 8.27. The molecule has 1 saturated heterocycles. The van der Waals surface area contributed by atoms with Crippen LogP contribution in [0.4, 0.5) is 4.79 Å². The van der Waals surface area contributed by atoms with E-state index in [0.29, 0.717) is 39.2 Å². The maximum Gasteiger partial charge on any atom is 0.409 e. The maximum absolute atomic E-state index is 12.3. The average Bonchev–Trinajstić information content (AvgIpc) is 2.56. The molecule has 126 valence electrons. The van der Waals surface area contributed by atoms with Gasteiger partial charge in [0.2, 0.25) is 5.91 Å². The van der Waals surface area contributed by atoms with E-state index < -0.39 is 0 Å². The third-order valence-electron chi connectivity index (χ3n) is 4.36. The van der Waals surface area contributed by atoms with E-state index in [2.05, 4.69) is 32.0 Å². The predicted molar refractivity (Wildman–Crippen MR) is 89.4 cm³/mol. The molecule has 0 saturated carbocycles. The van der Waals surface area contributed by atoms with Gasteiger partial charge in [0.15, 0.2) is 0 Å². The molecule has 5 nitrogen and oxygen atoms in total. The number of carbonyl (C=O) groups is 2. The Morgan fingerprint density at radius 1 is 1.04 bits per heavy atom. The minimum atomic E-state index is -0.283. The Morgan fingerprint density at radius 3 is 2.30 bits per heavy atom. The van der Waals surface area contributed by atoms with Gasteiger partial charge in [-0.2, -0.15) is 0 Å². The lowest BCUT2D eigenvalue weighted by atomic mass is 10.0. The van der Waals surface area contributed by atoms with Crippen LogP contribution in [0.5, 0.6) is 0 Å². The normalized spacial score (nSPS) is 14.7. The van der Waals surface area contributed by atoms with Crippen LogP contribution in [0.2, 0.25) is 0 Å². The van der Waals surface area contributed by atoms with Gasteiger partial charge in [-0.05, 0) is 43.9 Å². The van der Waals surface area contributed by atoms with Gasteiger partial charge in [-0.15, -0.1) is 0 Å². The lowest BCUT2D eigenvalue weighted by Gasteiger charge is -2.34. The van der Waals surface area contributed by atoms with Gasteiger partial charge in [0.05, 0.1) is 6.61 Å². The summed E-state index contributed by atoms with van der Waals surface area (Å²) >= 11 is 0. The van der Waals surface area contributed by atoms with E-state index in [-0.39, 0.29) is 12.0 Å². The number of benzene rings is 1. The Bertz CT molecular complexity index is 563. The Kier molecular flexibility index (Phi) is 6.02. The van der Waals surface area contributed by atoms with Gasteiger partial charge >= 0.3 is 6.09 Å². The Morgan fingerprint density at radius 2 is 1.70 bits per heavy atom. The Balaban J connectivity index is 1.79. The molecule has 0 aromatic heterocycles. The van der Waals surface area contributed by atoms with Gasteiger partial charge in [0, 0.05) is 32.6 Å². The lowest BCUT2D eigenvalue weighted by molar-refractivity contribution is -0.132. The predicted octanol–water partition coefficient (Wildman–Crippen LogP) is 2.54. The van der Waals surface area contributed by atoms with Crippen LogP contribution in [0.1, 0.15) is 30.0 Å². The van der Waals surface area contributed by atoms with Gasteiger partial charge in [0.1, 0.15) is 0 Å². The molecule has 1 aromatic carbocycles. The van der Waals surface area contributed by atoms with E-state index in [1.165, 1.54) is 16.7 Å². The monoisotopic (exact) mass is 318 g/mol. The molecule has 0 bridgehead atoms. The summed E-state index contributed by atoms with van der Waals surface area (Å²) in [5, 5.41) is 0. The van der Waals surface area contributed by atoms with Gasteiger partial charge in [0.25, 0.3) is 0 Å². The van der Waals surface area contributed by atoms with E-state index in [0.717, 1.165) is 6.42 Å². The molecule has 0 atom stereocenters. The van der Waals surface area contributed by atoms with Crippen LogP contribution < -0.4 is 0 Å². The third kappa shape index (κ3) is 4.71. The fourth-order valence-corrected chi connectivity index (χ4v) is 2.72. The molecule has 2 amide bonds. The largest absolute Gasteiger partial charge is 0.450 e. The number of nitrogens with zero attached hydrogens (tertiary/aromatic N) is 2. The van der Waals surface area contributed by atoms with E-state index in [1.54, 1.807) is 11.8 Å². The van der Waals surface area contributed by atoms with Crippen molar-refractivity contribution in [2.45, 2.75) is 33.6 Å². The van der Waals surface area contributed by atoms with Crippen molar-refractivity contribution in [3.8, 4) is 0 Å². The number of hydrogen-bond acceptors (Lipinski definition) is 3. The van der Waals surface area contributed by atoms with E-state index in [9.17, 15) is 9.59 Å². The quantitative estimate of drug-likeness (QED) is 0.857. The third-order valence-corrected chi connectivity index (χ3v) is 4.36. The molecule has 5 heteroatoms. The van der Waals surface area contributed by atoms with Crippen molar-refractivity contribution in [3.63, 3.8) is 0 Å². The zero-order chi connectivity index (χ0) is 16.8. The smallest absolute Gasteiger partial charge is 0.409 e. The number of aryl methyl sites for hydroxylation is 3. The number of hydrogen-bond donors (Lipinski definition) is 0. The second-order valence-electron chi connectivity index (χ2n) is 5.99. The molecular weight excluding hydrogens is 292 g/mol. The van der Waals surface area contributed by atoms with Crippen molar-refractivity contribution in [1.82, 2.24) is 9.80 Å². The van der Waals surface area contributed by atoms with Gasteiger partial charge in [-0.25, -0.2) is 4.79 Å². The molecule has 0 N–H and O–H groups in total. The molecule has 1 aromatic rings. The summed E-state index contributed by atoms with van der Waals surface area (Å²) in [6.07, 6.45) is 0.995. The highest BCUT2D eigenvalue weighted by Crippen LogP contribution is 2.13. The number of amides is 2. The van der Waals surface area contributed by atoms with Crippen LogP contribution in [-0.2, 0) is 16.0 Å². The highest BCUT2D eigenvalue weighted by Gasteiger charge is 2.24. The topological polar surface area (TPSA) is 49.9 Å². The molecule has 0 aliphatic carbocycles.